The van der Waals surface area contributed by atoms with E-state index in [1.807, 2.05) is 53.4 Å². The smallest absolute Gasteiger partial charge is 0.231 e. The molecule has 0 bridgehead atoms. The summed E-state index contributed by atoms with van der Waals surface area (Å²) in [6.45, 7) is 2.80. The Hall–Kier alpha value is -4.19. The Morgan fingerprint density at radius 2 is 1.64 bits per heavy atom. The molecule has 1 aliphatic heterocycles. The van der Waals surface area contributed by atoms with Gasteiger partial charge >= 0.3 is 0 Å². The lowest BCUT2D eigenvalue weighted by atomic mass is 10.1. The Labute approximate surface area is 190 Å². The predicted molar refractivity (Wildman–Crippen MR) is 126 cm³/mol. The number of aromatic nitrogens is 2. The van der Waals surface area contributed by atoms with Crippen molar-refractivity contribution in [3.05, 3.63) is 89.9 Å². The van der Waals surface area contributed by atoms with Crippen LogP contribution in [0.25, 0.3) is 33.9 Å². The zero-order valence-electron chi connectivity index (χ0n) is 18.1. The van der Waals surface area contributed by atoms with Gasteiger partial charge in [0.05, 0.1) is 30.0 Å². The number of carbonyl (C=O) groups is 1. The molecule has 6 rings (SSSR count). The van der Waals surface area contributed by atoms with Crippen molar-refractivity contribution in [3.8, 4) is 22.9 Å². The molecule has 33 heavy (non-hydrogen) atoms. The highest BCUT2D eigenvalue weighted by Crippen LogP contribution is 2.32. The molecular formula is C27H21N3O3. The number of anilines is 1. The number of hydrogen-bond donors (Lipinski definition) is 0. The fraction of sp³-hybridized carbons (Fsp3) is 0.148. The number of aryl methyl sites for hydroxylation is 1. The van der Waals surface area contributed by atoms with Crippen molar-refractivity contribution in [2.75, 3.05) is 11.4 Å². The van der Waals surface area contributed by atoms with Crippen LogP contribution >= 0.6 is 0 Å². The van der Waals surface area contributed by atoms with Gasteiger partial charge in [-0.3, -0.25) is 4.79 Å². The van der Waals surface area contributed by atoms with Gasteiger partial charge in [-0.15, -0.1) is 0 Å². The molecule has 162 valence electrons. The van der Waals surface area contributed by atoms with Crippen LogP contribution in [0.2, 0.25) is 0 Å². The molecule has 1 aliphatic rings. The summed E-state index contributed by atoms with van der Waals surface area (Å²) in [5.41, 5.74) is 7.05. The number of hydrogen-bond acceptors (Lipinski definition) is 5. The Morgan fingerprint density at radius 3 is 2.33 bits per heavy atom. The van der Waals surface area contributed by atoms with E-state index in [0.29, 0.717) is 34.8 Å². The molecule has 0 spiro atoms. The molecular weight excluding hydrogens is 414 g/mol. The molecule has 1 amide bonds. The largest absolute Gasteiger partial charge is 0.463 e. The zero-order chi connectivity index (χ0) is 22.4. The van der Waals surface area contributed by atoms with E-state index in [0.717, 1.165) is 29.7 Å². The van der Waals surface area contributed by atoms with Crippen molar-refractivity contribution in [1.82, 2.24) is 9.97 Å². The summed E-state index contributed by atoms with van der Waals surface area (Å²) in [5, 5.41) is 0. The Bertz CT molecular complexity index is 1470. The van der Waals surface area contributed by atoms with Crippen molar-refractivity contribution in [1.29, 1.82) is 0 Å². The average molecular weight is 435 g/mol. The summed E-state index contributed by atoms with van der Waals surface area (Å²) >= 11 is 0. The SMILES string of the molecule is Cc1ccc2c(c1)CCN2C(=O)Cc1ccc2nc(-c3ccco3)c(-c3ccco3)nc2c1. The first-order valence-electron chi connectivity index (χ1n) is 10.9. The van der Waals surface area contributed by atoms with Crippen LogP contribution in [0.15, 0.2) is 82.0 Å². The van der Waals surface area contributed by atoms with E-state index in [9.17, 15) is 4.79 Å². The van der Waals surface area contributed by atoms with Crippen molar-refractivity contribution < 1.29 is 13.6 Å². The fourth-order valence-corrected chi connectivity index (χ4v) is 4.44. The van der Waals surface area contributed by atoms with Crippen LogP contribution in [0.3, 0.4) is 0 Å². The van der Waals surface area contributed by atoms with E-state index >= 15 is 0 Å². The minimum absolute atomic E-state index is 0.0865. The Kier molecular flexibility index (Phi) is 4.57. The normalized spacial score (nSPS) is 12.9. The lowest BCUT2D eigenvalue weighted by Gasteiger charge is -2.17. The average Bonchev–Trinajstić information content (AvgIpc) is 3.59. The van der Waals surface area contributed by atoms with Gasteiger partial charge in [0.25, 0.3) is 0 Å². The molecule has 6 nitrogen and oxygen atoms in total. The van der Waals surface area contributed by atoms with Gasteiger partial charge in [-0.05, 0) is 66.9 Å². The monoisotopic (exact) mass is 435 g/mol. The van der Waals surface area contributed by atoms with Crippen molar-refractivity contribution >= 4 is 22.6 Å². The van der Waals surface area contributed by atoms with E-state index in [1.54, 1.807) is 12.5 Å². The first-order chi connectivity index (χ1) is 16.2. The van der Waals surface area contributed by atoms with Crippen LogP contribution in [0.1, 0.15) is 16.7 Å². The second-order valence-electron chi connectivity index (χ2n) is 8.30. The van der Waals surface area contributed by atoms with E-state index < -0.39 is 0 Å². The minimum atomic E-state index is 0.0865. The van der Waals surface area contributed by atoms with Gasteiger partial charge in [0.1, 0.15) is 11.4 Å². The number of rotatable bonds is 4. The van der Waals surface area contributed by atoms with Crippen LogP contribution < -0.4 is 4.90 Å². The quantitative estimate of drug-likeness (QED) is 0.368. The Balaban J connectivity index is 1.35. The number of nitrogens with zero attached hydrogens (tertiary/aromatic N) is 3. The predicted octanol–water partition coefficient (Wildman–Crippen LogP) is 5.59. The van der Waals surface area contributed by atoms with Crippen LogP contribution in [-0.2, 0) is 17.6 Å². The van der Waals surface area contributed by atoms with E-state index in [2.05, 4.69) is 19.1 Å². The third-order valence-electron chi connectivity index (χ3n) is 6.02. The molecule has 0 aliphatic carbocycles. The summed E-state index contributed by atoms with van der Waals surface area (Å²) in [4.78, 5) is 24.7. The number of amides is 1. The molecule has 0 saturated heterocycles. The first kappa shape index (κ1) is 19.5. The van der Waals surface area contributed by atoms with Gasteiger partial charge in [0.15, 0.2) is 11.5 Å². The molecule has 0 atom stereocenters. The van der Waals surface area contributed by atoms with Crippen LogP contribution in [0.4, 0.5) is 5.69 Å². The van der Waals surface area contributed by atoms with Crippen molar-refractivity contribution in [3.63, 3.8) is 0 Å². The van der Waals surface area contributed by atoms with E-state index in [-0.39, 0.29) is 5.91 Å². The lowest BCUT2D eigenvalue weighted by Crippen LogP contribution is -2.30. The number of carbonyl (C=O) groups excluding carboxylic acids is 1. The molecule has 4 heterocycles. The standard InChI is InChI=1S/C27H21N3O3/c1-17-6-9-22-19(14-17)10-11-30(22)25(31)16-18-7-8-20-21(15-18)29-27(24-5-3-13-33-24)26(28-20)23-4-2-12-32-23/h2-9,12-15H,10-11,16H2,1H3. The maximum absolute atomic E-state index is 13.1. The van der Waals surface area contributed by atoms with Crippen LogP contribution in [-0.4, -0.2) is 22.4 Å². The van der Waals surface area contributed by atoms with E-state index in [4.69, 9.17) is 18.8 Å². The third kappa shape index (κ3) is 3.49. The minimum Gasteiger partial charge on any atom is -0.463 e. The van der Waals surface area contributed by atoms with Gasteiger partial charge in [0.2, 0.25) is 5.91 Å². The summed E-state index contributed by atoms with van der Waals surface area (Å²) in [7, 11) is 0. The molecule has 0 unspecified atom stereocenters. The first-order valence-corrected chi connectivity index (χ1v) is 10.9. The molecule has 3 aromatic heterocycles. The second kappa shape index (κ2) is 7.74. The molecule has 2 aromatic carbocycles. The molecule has 0 N–H and O–H groups in total. The van der Waals surface area contributed by atoms with Gasteiger partial charge in [-0.25, -0.2) is 9.97 Å². The maximum Gasteiger partial charge on any atom is 0.231 e. The zero-order valence-corrected chi connectivity index (χ0v) is 18.1. The topological polar surface area (TPSA) is 72.4 Å². The highest BCUT2D eigenvalue weighted by atomic mass is 16.3. The summed E-state index contributed by atoms with van der Waals surface area (Å²) < 4.78 is 11.2. The third-order valence-corrected chi connectivity index (χ3v) is 6.02. The number of fused-ring (bicyclic) bond motifs is 2. The van der Waals surface area contributed by atoms with Crippen molar-refractivity contribution in [2.24, 2.45) is 0 Å². The molecule has 0 saturated carbocycles. The van der Waals surface area contributed by atoms with Gasteiger partial charge in [0, 0.05) is 12.2 Å². The molecule has 5 aromatic rings. The fourth-order valence-electron chi connectivity index (χ4n) is 4.44. The summed E-state index contributed by atoms with van der Waals surface area (Å²) in [6.07, 6.45) is 4.42. The lowest BCUT2D eigenvalue weighted by molar-refractivity contribution is -0.117. The molecule has 0 fully saturated rings. The molecule has 0 radical (unpaired) electrons. The second-order valence-corrected chi connectivity index (χ2v) is 8.30. The van der Waals surface area contributed by atoms with E-state index in [1.165, 1.54) is 11.1 Å². The highest BCUT2D eigenvalue weighted by molar-refractivity contribution is 5.97. The van der Waals surface area contributed by atoms with Gasteiger partial charge < -0.3 is 13.7 Å². The highest BCUT2D eigenvalue weighted by Gasteiger charge is 2.25. The Morgan fingerprint density at radius 1 is 0.909 bits per heavy atom. The van der Waals surface area contributed by atoms with Crippen LogP contribution in [0.5, 0.6) is 0 Å². The number of benzene rings is 2. The van der Waals surface area contributed by atoms with Gasteiger partial charge in [-0.2, -0.15) is 0 Å². The van der Waals surface area contributed by atoms with Crippen LogP contribution in [0, 0.1) is 6.92 Å². The number of furan rings is 2. The summed E-state index contributed by atoms with van der Waals surface area (Å²) in [6, 6.07) is 19.4. The maximum atomic E-state index is 13.1. The molecule has 6 heteroatoms. The van der Waals surface area contributed by atoms with Gasteiger partial charge in [-0.1, -0.05) is 23.8 Å². The summed E-state index contributed by atoms with van der Waals surface area (Å²) in [5.74, 6) is 1.32. The van der Waals surface area contributed by atoms with Crippen molar-refractivity contribution in [2.45, 2.75) is 19.8 Å².